The number of ether oxygens (including phenoxy) is 1. The highest BCUT2D eigenvalue weighted by atomic mass is 35.5. The molecule has 0 aliphatic rings. The molecule has 0 saturated heterocycles. The van der Waals surface area contributed by atoms with Crippen LogP contribution in [0.5, 0.6) is 5.75 Å². The van der Waals surface area contributed by atoms with E-state index in [1.807, 2.05) is 37.3 Å². The number of methoxy groups -OCH3 is 1. The third-order valence-corrected chi connectivity index (χ3v) is 3.48. The summed E-state index contributed by atoms with van der Waals surface area (Å²) in [7, 11) is 1.63. The summed E-state index contributed by atoms with van der Waals surface area (Å²) in [6.45, 7) is 2.05. The van der Waals surface area contributed by atoms with Gasteiger partial charge in [0.05, 0.1) is 7.11 Å². The molecule has 2 N–H and O–H groups in total. The zero-order valence-electron chi connectivity index (χ0n) is 11.0. The number of aromatic nitrogens is 1. The van der Waals surface area contributed by atoms with Crippen molar-refractivity contribution < 1.29 is 4.74 Å². The Kier molecular flexibility index (Phi) is 4.40. The smallest absolute Gasteiger partial charge is 0.123 e. The van der Waals surface area contributed by atoms with E-state index < -0.39 is 0 Å². The molecule has 0 spiro atoms. The third kappa shape index (κ3) is 3.06. The van der Waals surface area contributed by atoms with Crippen LogP contribution < -0.4 is 10.5 Å². The molecule has 1 heterocycles. The quantitative estimate of drug-likeness (QED) is 0.929. The number of pyridine rings is 1. The second kappa shape index (κ2) is 6.04. The van der Waals surface area contributed by atoms with Gasteiger partial charge in [-0.3, -0.25) is 4.98 Å². The van der Waals surface area contributed by atoms with Crippen LogP contribution in [-0.2, 0) is 0 Å². The average molecular weight is 277 g/mol. The Morgan fingerprint density at radius 1 is 1.26 bits per heavy atom. The van der Waals surface area contributed by atoms with Gasteiger partial charge in [0, 0.05) is 34.4 Å². The van der Waals surface area contributed by atoms with Crippen LogP contribution in [0.3, 0.4) is 0 Å². The zero-order valence-corrected chi connectivity index (χ0v) is 11.8. The molecule has 4 heteroatoms. The second-order valence-electron chi connectivity index (χ2n) is 4.46. The molecule has 0 aliphatic carbocycles. The Labute approximate surface area is 118 Å². The lowest BCUT2D eigenvalue weighted by atomic mass is 9.91. The van der Waals surface area contributed by atoms with E-state index in [1.54, 1.807) is 19.4 Å². The Balaban J connectivity index is 2.33. The summed E-state index contributed by atoms with van der Waals surface area (Å²) in [5.74, 6) is 0.827. The summed E-state index contributed by atoms with van der Waals surface area (Å²) in [5, 5.41) is 0.652. The first-order valence-corrected chi connectivity index (χ1v) is 6.51. The van der Waals surface area contributed by atoms with Crippen LogP contribution >= 0.6 is 11.6 Å². The minimum atomic E-state index is -0.219. The largest absolute Gasteiger partial charge is 0.496 e. The topological polar surface area (TPSA) is 48.1 Å². The minimum absolute atomic E-state index is 0.0774. The van der Waals surface area contributed by atoms with Crippen LogP contribution in [-0.4, -0.2) is 12.1 Å². The molecule has 3 nitrogen and oxygen atoms in total. The summed E-state index contributed by atoms with van der Waals surface area (Å²) in [6, 6.07) is 11.1. The number of rotatable bonds is 4. The Hall–Kier alpha value is -1.58. The van der Waals surface area contributed by atoms with Crippen LogP contribution in [0.2, 0.25) is 5.02 Å². The monoisotopic (exact) mass is 276 g/mol. The van der Waals surface area contributed by atoms with Gasteiger partial charge in [0.2, 0.25) is 0 Å². The maximum atomic E-state index is 6.34. The maximum Gasteiger partial charge on any atom is 0.123 e. The van der Waals surface area contributed by atoms with E-state index >= 15 is 0 Å². The number of halogens is 1. The summed E-state index contributed by atoms with van der Waals surface area (Å²) >= 11 is 6.04. The van der Waals surface area contributed by atoms with Crippen molar-refractivity contribution in [3.63, 3.8) is 0 Å². The SMILES string of the molecule is COc1ccc(Cl)cc1C(N)C(C)c1ccccn1. The summed E-state index contributed by atoms with van der Waals surface area (Å²) in [6.07, 6.45) is 1.77. The van der Waals surface area contributed by atoms with Gasteiger partial charge in [-0.2, -0.15) is 0 Å². The van der Waals surface area contributed by atoms with E-state index in [2.05, 4.69) is 4.98 Å². The molecule has 100 valence electrons. The molecule has 1 aromatic heterocycles. The predicted octanol–water partition coefficient (Wildman–Crippen LogP) is 3.55. The van der Waals surface area contributed by atoms with Crippen molar-refractivity contribution in [2.75, 3.05) is 7.11 Å². The lowest BCUT2D eigenvalue weighted by molar-refractivity contribution is 0.401. The fourth-order valence-corrected chi connectivity index (χ4v) is 2.24. The minimum Gasteiger partial charge on any atom is -0.496 e. The van der Waals surface area contributed by atoms with Crippen LogP contribution in [0.4, 0.5) is 0 Å². The van der Waals surface area contributed by atoms with E-state index in [0.717, 1.165) is 17.0 Å². The first-order valence-electron chi connectivity index (χ1n) is 6.13. The summed E-state index contributed by atoms with van der Waals surface area (Å²) < 4.78 is 5.35. The standard InChI is InChI=1S/C15H17ClN2O/c1-10(13-5-3-4-8-18-13)15(17)12-9-11(16)6-7-14(12)19-2/h3-10,15H,17H2,1-2H3. The van der Waals surface area contributed by atoms with Gasteiger partial charge in [0.15, 0.2) is 0 Å². The number of nitrogens with two attached hydrogens (primary N) is 1. The fourth-order valence-electron chi connectivity index (χ4n) is 2.06. The molecule has 0 fully saturated rings. The lowest BCUT2D eigenvalue weighted by Crippen LogP contribution is -2.19. The van der Waals surface area contributed by atoms with E-state index in [0.29, 0.717) is 5.02 Å². The Bertz CT molecular complexity index is 545. The van der Waals surface area contributed by atoms with E-state index in [9.17, 15) is 0 Å². The van der Waals surface area contributed by atoms with Crippen LogP contribution in [0.1, 0.15) is 30.1 Å². The lowest BCUT2D eigenvalue weighted by Gasteiger charge is -2.22. The second-order valence-corrected chi connectivity index (χ2v) is 4.89. The number of benzene rings is 1. The molecule has 2 atom stereocenters. The van der Waals surface area contributed by atoms with Gasteiger partial charge in [-0.1, -0.05) is 24.6 Å². The van der Waals surface area contributed by atoms with Crippen molar-refractivity contribution in [1.29, 1.82) is 0 Å². The molecule has 0 radical (unpaired) electrons. The molecule has 1 aromatic carbocycles. The first kappa shape index (κ1) is 13.8. The number of nitrogens with zero attached hydrogens (tertiary/aromatic N) is 1. The maximum absolute atomic E-state index is 6.34. The Morgan fingerprint density at radius 2 is 2.05 bits per heavy atom. The van der Waals surface area contributed by atoms with Crippen molar-refractivity contribution in [1.82, 2.24) is 4.98 Å². The highest BCUT2D eigenvalue weighted by Crippen LogP contribution is 2.34. The number of hydrogen-bond acceptors (Lipinski definition) is 3. The van der Waals surface area contributed by atoms with Gasteiger partial charge in [-0.25, -0.2) is 0 Å². The third-order valence-electron chi connectivity index (χ3n) is 3.24. The van der Waals surface area contributed by atoms with Crippen molar-refractivity contribution in [2.45, 2.75) is 18.9 Å². The predicted molar refractivity (Wildman–Crippen MR) is 77.6 cm³/mol. The van der Waals surface area contributed by atoms with Gasteiger partial charge < -0.3 is 10.5 Å². The first-order chi connectivity index (χ1) is 9.13. The Morgan fingerprint density at radius 3 is 2.68 bits per heavy atom. The zero-order chi connectivity index (χ0) is 13.8. The molecule has 0 bridgehead atoms. The van der Waals surface area contributed by atoms with E-state index in [1.165, 1.54) is 0 Å². The van der Waals surface area contributed by atoms with Gasteiger partial charge in [-0.15, -0.1) is 0 Å². The average Bonchev–Trinajstić information content (AvgIpc) is 2.46. The van der Waals surface area contributed by atoms with Gasteiger partial charge in [-0.05, 0) is 30.3 Å². The van der Waals surface area contributed by atoms with Gasteiger partial charge in [0.1, 0.15) is 5.75 Å². The molecule has 2 rings (SSSR count). The van der Waals surface area contributed by atoms with Crippen molar-refractivity contribution in [3.8, 4) is 5.75 Å². The molecule has 0 saturated carbocycles. The fraction of sp³-hybridized carbons (Fsp3) is 0.267. The molecular formula is C15H17ClN2O. The van der Waals surface area contributed by atoms with E-state index in [-0.39, 0.29) is 12.0 Å². The molecule has 0 aliphatic heterocycles. The molecule has 0 amide bonds. The highest BCUT2D eigenvalue weighted by molar-refractivity contribution is 6.30. The summed E-state index contributed by atoms with van der Waals surface area (Å²) in [5.41, 5.74) is 8.19. The number of hydrogen-bond donors (Lipinski definition) is 1. The van der Waals surface area contributed by atoms with Crippen molar-refractivity contribution in [2.24, 2.45) is 5.73 Å². The van der Waals surface area contributed by atoms with Crippen molar-refractivity contribution in [3.05, 3.63) is 58.9 Å². The van der Waals surface area contributed by atoms with Gasteiger partial charge >= 0.3 is 0 Å². The van der Waals surface area contributed by atoms with Crippen LogP contribution in [0.25, 0.3) is 0 Å². The molecule has 2 aromatic rings. The van der Waals surface area contributed by atoms with Gasteiger partial charge in [0.25, 0.3) is 0 Å². The van der Waals surface area contributed by atoms with Crippen molar-refractivity contribution >= 4 is 11.6 Å². The molecule has 19 heavy (non-hydrogen) atoms. The molecule has 2 unspecified atom stereocenters. The highest BCUT2D eigenvalue weighted by Gasteiger charge is 2.21. The summed E-state index contributed by atoms with van der Waals surface area (Å²) in [4.78, 5) is 4.35. The van der Waals surface area contributed by atoms with Crippen LogP contribution in [0.15, 0.2) is 42.6 Å². The molecular weight excluding hydrogens is 260 g/mol. The normalized spacial score (nSPS) is 13.9. The van der Waals surface area contributed by atoms with Crippen LogP contribution in [0, 0.1) is 0 Å². The van der Waals surface area contributed by atoms with E-state index in [4.69, 9.17) is 22.1 Å².